The Morgan fingerprint density at radius 3 is 2.84 bits per heavy atom. The lowest BCUT2D eigenvalue weighted by molar-refractivity contribution is 0.446. The topological polar surface area (TPSA) is 79.1 Å². The van der Waals surface area contributed by atoms with Crippen molar-refractivity contribution in [2.24, 2.45) is 0 Å². The summed E-state index contributed by atoms with van der Waals surface area (Å²) < 4.78 is 0. The molecule has 6 nitrogen and oxygen atoms in total. The van der Waals surface area contributed by atoms with E-state index < -0.39 is 0 Å². The SMILES string of the molecule is CC[C@H](C)NCc1cc(N2CC(NC)C2)nc(N)n1. The highest BCUT2D eigenvalue weighted by Crippen LogP contribution is 2.20. The molecule has 0 amide bonds. The summed E-state index contributed by atoms with van der Waals surface area (Å²) in [5.41, 5.74) is 6.74. The molecule has 1 aliphatic rings. The molecule has 0 saturated carbocycles. The summed E-state index contributed by atoms with van der Waals surface area (Å²) >= 11 is 0. The van der Waals surface area contributed by atoms with Gasteiger partial charge < -0.3 is 21.3 Å². The van der Waals surface area contributed by atoms with Crippen molar-refractivity contribution in [3.05, 3.63) is 11.8 Å². The van der Waals surface area contributed by atoms with E-state index in [2.05, 4.69) is 39.3 Å². The molecule has 2 rings (SSSR count). The Morgan fingerprint density at radius 1 is 1.47 bits per heavy atom. The van der Waals surface area contributed by atoms with Gasteiger partial charge in [0.25, 0.3) is 0 Å². The molecule has 1 aromatic rings. The van der Waals surface area contributed by atoms with Gasteiger partial charge in [0.15, 0.2) is 0 Å². The number of nitrogens with two attached hydrogens (primary N) is 1. The predicted octanol–water partition coefficient (Wildman–Crippen LogP) is 0.355. The zero-order valence-corrected chi connectivity index (χ0v) is 12.0. The second-order valence-electron chi connectivity index (χ2n) is 5.16. The van der Waals surface area contributed by atoms with Crippen LogP contribution in [0.3, 0.4) is 0 Å². The van der Waals surface area contributed by atoms with Crippen LogP contribution in [-0.4, -0.2) is 42.2 Å². The smallest absolute Gasteiger partial charge is 0.222 e. The van der Waals surface area contributed by atoms with Gasteiger partial charge in [-0.15, -0.1) is 0 Å². The van der Waals surface area contributed by atoms with E-state index in [1.54, 1.807) is 0 Å². The number of rotatable bonds is 6. The van der Waals surface area contributed by atoms with Crippen LogP contribution < -0.4 is 21.3 Å². The minimum atomic E-state index is 0.353. The minimum absolute atomic E-state index is 0.353. The fourth-order valence-corrected chi connectivity index (χ4v) is 2.03. The number of anilines is 2. The maximum absolute atomic E-state index is 5.79. The third-order valence-corrected chi connectivity index (χ3v) is 3.64. The molecule has 0 aliphatic carbocycles. The van der Waals surface area contributed by atoms with Crippen LogP contribution in [-0.2, 0) is 6.54 Å². The van der Waals surface area contributed by atoms with Crippen LogP contribution in [0.2, 0.25) is 0 Å². The van der Waals surface area contributed by atoms with E-state index in [4.69, 9.17) is 5.73 Å². The number of nitrogen functional groups attached to an aromatic ring is 1. The Morgan fingerprint density at radius 2 is 2.21 bits per heavy atom. The van der Waals surface area contributed by atoms with Crippen LogP contribution in [0, 0.1) is 0 Å². The largest absolute Gasteiger partial charge is 0.368 e. The monoisotopic (exact) mass is 264 g/mol. The average molecular weight is 264 g/mol. The van der Waals surface area contributed by atoms with Crippen LogP contribution in [0.15, 0.2) is 6.07 Å². The summed E-state index contributed by atoms with van der Waals surface area (Å²) in [6.07, 6.45) is 1.10. The molecule has 6 heteroatoms. The first-order chi connectivity index (χ1) is 9.12. The first-order valence-corrected chi connectivity index (χ1v) is 6.91. The maximum Gasteiger partial charge on any atom is 0.222 e. The molecule has 106 valence electrons. The number of likely N-dealkylation sites (N-methyl/N-ethyl adjacent to an activating group) is 1. The molecule has 19 heavy (non-hydrogen) atoms. The number of hydrogen-bond donors (Lipinski definition) is 3. The van der Waals surface area contributed by atoms with Crippen molar-refractivity contribution < 1.29 is 0 Å². The average Bonchev–Trinajstić information content (AvgIpc) is 2.34. The molecule has 0 spiro atoms. The van der Waals surface area contributed by atoms with E-state index in [-0.39, 0.29) is 0 Å². The summed E-state index contributed by atoms with van der Waals surface area (Å²) in [6, 6.07) is 3.06. The fraction of sp³-hybridized carbons (Fsp3) is 0.692. The van der Waals surface area contributed by atoms with Gasteiger partial charge in [0.1, 0.15) is 5.82 Å². The van der Waals surface area contributed by atoms with E-state index in [0.29, 0.717) is 18.0 Å². The normalized spacial score (nSPS) is 17.3. The Bertz CT molecular complexity index is 416. The first kappa shape index (κ1) is 14.0. The molecule has 1 fully saturated rings. The molecule has 1 saturated heterocycles. The van der Waals surface area contributed by atoms with Gasteiger partial charge in [-0.2, -0.15) is 4.98 Å². The zero-order chi connectivity index (χ0) is 13.8. The molecule has 1 aromatic heterocycles. The minimum Gasteiger partial charge on any atom is -0.368 e. The summed E-state index contributed by atoms with van der Waals surface area (Å²) in [5, 5.41) is 6.67. The summed E-state index contributed by atoms with van der Waals surface area (Å²) in [5.74, 6) is 1.28. The Labute approximate surface area is 114 Å². The van der Waals surface area contributed by atoms with E-state index in [1.165, 1.54) is 0 Å². The highest BCUT2D eigenvalue weighted by molar-refractivity contribution is 5.46. The van der Waals surface area contributed by atoms with Gasteiger partial charge in [0.05, 0.1) is 5.69 Å². The van der Waals surface area contributed by atoms with Gasteiger partial charge in [0.2, 0.25) is 5.95 Å². The van der Waals surface area contributed by atoms with Gasteiger partial charge in [-0.05, 0) is 20.4 Å². The van der Waals surface area contributed by atoms with Gasteiger partial charge in [-0.25, -0.2) is 4.98 Å². The molecule has 1 atom stereocenters. The van der Waals surface area contributed by atoms with Crippen molar-refractivity contribution in [3.63, 3.8) is 0 Å². The molecule has 0 unspecified atom stereocenters. The van der Waals surface area contributed by atoms with Crippen LogP contribution in [0.25, 0.3) is 0 Å². The zero-order valence-electron chi connectivity index (χ0n) is 12.0. The summed E-state index contributed by atoms with van der Waals surface area (Å²) in [4.78, 5) is 10.8. The molecule has 0 bridgehead atoms. The maximum atomic E-state index is 5.79. The van der Waals surface area contributed by atoms with Crippen molar-refractivity contribution in [1.29, 1.82) is 0 Å². The Balaban J connectivity index is 1.99. The summed E-state index contributed by atoms with van der Waals surface area (Å²) in [6.45, 7) is 7.02. The van der Waals surface area contributed by atoms with Gasteiger partial charge >= 0.3 is 0 Å². The van der Waals surface area contributed by atoms with E-state index >= 15 is 0 Å². The quantitative estimate of drug-likeness (QED) is 0.688. The molecule has 4 N–H and O–H groups in total. The van der Waals surface area contributed by atoms with Crippen LogP contribution >= 0.6 is 0 Å². The Kier molecular flexibility index (Phi) is 4.55. The highest BCUT2D eigenvalue weighted by Gasteiger charge is 2.26. The van der Waals surface area contributed by atoms with E-state index in [0.717, 1.165) is 37.6 Å². The Hall–Kier alpha value is -1.40. The van der Waals surface area contributed by atoms with Gasteiger partial charge in [0, 0.05) is 37.8 Å². The first-order valence-electron chi connectivity index (χ1n) is 6.91. The molecule has 2 heterocycles. The van der Waals surface area contributed by atoms with Crippen LogP contribution in [0.4, 0.5) is 11.8 Å². The van der Waals surface area contributed by atoms with Gasteiger partial charge in [-0.1, -0.05) is 6.92 Å². The molecule has 1 aliphatic heterocycles. The number of nitrogens with zero attached hydrogens (tertiary/aromatic N) is 3. The van der Waals surface area contributed by atoms with Crippen LogP contribution in [0.1, 0.15) is 26.0 Å². The molecular weight excluding hydrogens is 240 g/mol. The second-order valence-corrected chi connectivity index (χ2v) is 5.16. The third kappa shape index (κ3) is 3.54. The number of aromatic nitrogens is 2. The van der Waals surface area contributed by atoms with Crippen molar-refractivity contribution in [1.82, 2.24) is 20.6 Å². The van der Waals surface area contributed by atoms with E-state index in [1.807, 2.05) is 13.1 Å². The third-order valence-electron chi connectivity index (χ3n) is 3.64. The van der Waals surface area contributed by atoms with Crippen molar-refractivity contribution in [2.75, 3.05) is 30.8 Å². The molecule has 0 aromatic carbocycles. The van der Waals surface area contributed by atoms with Gasteiger partial charge in [-0.3, -0.25) is 0 Å². The second kappa shape index (κ2) is 6.16. The fourth-order valence-electron chi connectivity index (χ4n) is 2.03. The molecular formula is C13H24N6. The summed E-state index contributed by atoms with van der Waals surface area (Å²) in [7, 11) is 1.98. The lowest BCUT2D eigenvalue weighted by atomic mass is 10.1. The van der Waals surface area contributed by atoms with Crippen molar-refractivity contribution in [3.8, 4) is 0 Å². The van der Waals surface area contributed by atoms with E-state index in [9.17, 15) is 0 Å². The predicted molar refractivity (Wildman–Crippen MR) is 78.1 cm³/mol. The molecule has 0 radical (unpaired) electrons. The lowest BCUT2D eigenvalue weighted by Crippen LogP contribution is -2.57. The number of nitrogens with one attached hydrogen (secondary N) is 2. The standard InChI is InChI=1S/C13H24N6/c1-4-9(2)16-6-10-5-12(18-13(14)17-10)19-7-11(8-19)15-3/h5,9,11,15-16H,4,6-8H2,1-3H3,(H2,14,17,18)/t9-/m0/s1. The lowest BCUT2D eigenvalue weighted by Gasteiger charge is -2.40. The van der Waals surface area contributed by atoms with Crippen molar-refractivity contribution in [2.45, 2.75) is 38.9 Å². The number of hydrogen-bond acceptors (Lipinski definition) is 6. The highest BCUT2D eigenvalue weighted by atomic mass is 15.3. The van der Waals surface area contributed by atoms with Crippen LogP contribution in [0.5, 0.6) is 0 Å². The van der Waals surface area contributed by atoms with Crippen molar-refractivity contribution >= 4 is 11.8 Å².